The second-order valence-electron chi connectivity index (χ2n) is 8.03. The van der Waals surface area contributed by atoms with Crippen molar-refractivity contribution in [3.63, 3.8) is 0 Å². The number of carbonyl (C=O) groups is 2. The van der Waals surface area contributed by atoms with Gasteiger partial charge in [0.1, 0.15) is 24.0 Å². The topological polar surface area (TPSA) is 116 Å². The molecule has 10 heteroatoms. The van der Waals surface area contributed by atoms with Gasteiger partial charge in [0.25, 0.3) is 5.91 Å². The Balaban J connectivity index is 2.07. The number of aliphatic hydroxyl groups excluding tert-OH is 1. The number of rotatable bonds is 11. The highest BCUT2D eigenvalue weighted by molar-refractivity contribution is 6.30. The highest BCUT2D eigenvalue weighted by Gasteiger charge is 2.30. The van der Waals surface area contributed by atoms with E-state index in [1.807, 2.05) is 13.8 Å². The summed E-state index contributed by atoms with van der Waals surface area (Å²) >= 11 is 5.92. The summed E-state index contributed by atoms with van der Waals surface area (Å²) in [5.74, 6) is -0.533. The lowest BCUT2D eigenvalue weighted by Crippen LogP contribution is -2.44. The molecule has 1 aromatic heterocycles. The maximum atomic E-state index is 12.8. The van der Waals surface area contributed by atoms with Crippen LogP contribution in [0, 0.1) is 5.92 Å². The third-order valence-corrected chi connectivity index (χ3v) is 5.05. The Bertz CT molecular complexity index is 966. The van der Waals surface area contributed by atoms with Gasteiger partial charge in [0.15, 0.2) is 23.5 Å². The van der Waals surface area contributed by atoms with Crippen molar-refractivity contribution in [3.05, 3.63) is 47.2 Å². The fraction of sp³-hybridized carbons (Fsp3) is 0.458. The number of halogens is 1. The minimum absolute atomic E-state index is 0.0320. The van der Waals surface area contributed by atoms with Gasteiger partial charge in [-0.05, 0) is 51.0 Å². The number of nitrogens with one attached hydrogen (secondary N) is 1. The molecule has 1 amide bonds. The fourth-order valence-corrected chi connectivity index (χ4v) is 3.28. The van der Waals surface area contributed by atoms with Gasteiger partial charge in [0, 0.05) is 17.3 Å². The predicted molar refractivity (Wildman–Crippen MR) is 126 cm³/mol. The van der Waals surface area contributed by atoms with E-state index >= 15 is 0 Å². The number of esters is 1. The molecular weight excluding hydrogens is 464 g/mol. The van der Waals surface area contributed by atoms with Crippen LogP contribution in [0.3, 0.4) is 0 Å². The molecular formula is C24H31ClN2O7. The minimum Gasteiger partial charge on any atom is -0.493 e. The number of hydrogen-bond acceptors (Lipinski definition) is 8. The van der Waals surface area contributed by atoms with Crippen molar-refractivity contribution in [1.29, 1.82) is 0 Å². The van der Waals surface area contributed by atoms with E-state index in [0.717, 1.165) is 0 Å². The Kier molecular flexibility index (Phi) is 9.95. The van der Waals surface area contributed by atoms with Crippen LogP contribution in [0.5, 0.6) is 17.2 Å². The smallest absolute Gasteiger partial charge is 0.328 e. The maximum Gasteiger partial charge on any atom is 0.328 e. The summed E-state index contributed by atoms with van der Waals surface area (Å²) in [6, 6.07) is 7.40. The Hall–Kier alpha value is -3.04. The van der Waals surface area contributed by atoms with Gasteiger partial charge >= 0.3 is 5.97 Å². The van der Waals surface area contributed by atoms with E-state index in [2.05, 4.69) is 10.3 Å². The van der Waals surface area contributed by atoms with Gasteiger partial charge in [-0.2, -0.15) is 0 Å². The van der Waals surface area contributed by atoms with Crippen LogP contribution in [0.25, 0.3) is 0 Å². The molecule has 34 heavy (non-hydrogen) atoms. The van der Waals surface area contributed by atoms with E-state index in [0.29, 0.717) is 10.8 Å². The SMILES string of the molecule is COc1ccnc(C(=O)N[C@@H](C)C(=O)O[C@@H](C)[C@H](Oc2ccc(Cl)cc2)C(C)C)c1OC(C)O. The third-order valence-electron chi connectivity index (χ3n) is 4.80. The van der Waals surface area contributed by atoms with Gasteiger partial charge in [-0.3, -0.25) is 4.79 Å². The second-order valence-corrected chi connectivity index (χ2v) is 8.46. The molecule has 186 valence electrons. The third kappa shape index (κ3) is 7.50. The Labute approximate surface area is 204 Å². The number of amides is 1. The van der Waals surface area contributed by atoms with E-state index in [9.17, 15) is 14.7 Å². The summed E-state index contributed by atoms with van der Waals surface area (Å²) < 4.78 is 22.1. The first-order chi connectivity index (χ1) is 16.0. The summed E-state index contributed by atoms with van der Waals surface area (Å²) in [7, 11) is 1.39. The molecule has 1 heterocycles. The molecule has 0 fully saturated rings. The van der Waals surface area contributed by atoms with Gasteiger partial charge in [0.2, 0.25) is 0 Å². The quantitative estimate of drug-likeness (QED) is 0.359. The minimum atomic E-state index is -1.21. The Morgan fingerprint density at radius 2 is 1.68 bits per heavy atom. The van der Waals surface area contributed by atoms with E-state index in [-0.39, 0.29) is 23.1 Å². The van der Waals surface area contributed by atoms with Crippen LogP contribution in [0.2, 0.25) is 5.02 Å². The first kappa shape index (κ1) is 27.2. The first-order valence-corrected chi connectivity index (χ1v) is 11.2. The van der Waals surface area contributed by atoms with Crippen LogP contribution in [-0.4, -0.2) is 53.6 Å². The summed E-state index contributed by atoms with van der Waals surface area (Å²) in [6.07, 6.45) is -0.887. The van der Waals surface area contributed by atoms with Crippen molar-refractivity contribution in [2.45, 2.75) is 59.2 Å². The lowest BCUT2D eigenvalue weighted by Gasteiger charge is -2.29. The maximum absolute atomic E-state index is 12.8. The van der Waals surface area contributed by atoms with Gasteiger partial charge in [-0.15, -0.1) is 0 Å². The van der Waals surface area contributed by atoms with Gasteiger partial charge in [-0.25, -0.2) is 9.78 Å². The van der Waals surface area contributed by atoms with Crippen molar-refractivity contribution in [2.75, 3.05) is 7.11 Å². The molecule has 1 aromatic carbocycles. The van der Waals surface area contributed by atoms with E-state index < -0.39 is 36.4 Å². The van der Waals surface area contributed by atoms with Crippen LogP contribution in [0.1, 0.15) is 45.1 Å². The molecule has 2 aromatic rings. The van der Waals surface area contributed by atoms with Crippen LogP contribution >= 0.6 is 11.6 Å². The number of nitrogens with zero attached hydrogens (tertiary/aromatic N) is 1. The van der Waals surface area contributed by atoms with Crippen molar-refractivity contribution in [1.82, 2.24) is 10.3 Å². The van der Waals surface area contributed by atoms with E-state index in [1.54, 1.807) is 31.2 Å². The molecule has 1 unspecified atom stereocenters. The molecule has 0 saturated carbocycles. The van der Waals surface area contributed by atoms with Crippen molar-refractivity contribution in [2.24, 2.45) is 5.92 Å². The zero-order valence-corrected chi connectivity index (χ0v) is 20.8. The van der Waals surface area contributed by atoms with Crippen molar-refractivity contribution in [3.8, 4) is 17.2 Å². The highest BCUT2D eigenvalue weighted by atomic mass is 35.5. The molecule has 2 rings (SSSR count). The molecule has 0 aliphatic rings. The van der Waals surface area contributed by atoms with E-state index in [4.69, 9.17) is 30.5 Å². The summed E-state index contributed by atoms with van der Waals surface area (Å²) in [4.78, 5) is 29.5. The average Bonchev–Trinajstić information content (AvgIpc) is 2.77. The number of benzene rings is 1. The normalized spacial score (nSPS) is 14.5. The largest absolute Gasteiger partial charge is 0.493 e. The van der Waals surface area contributed by atoms with Crippen LogP contribution < -0.4 is 19.5 Å². The number of pyridine rings is 1. The lowest BCUT2D eigenvalue weighted by molar-refractivity contribution is -0.155. The van der Waals surface area contributed by atoms with Crippen LogP contribution in [-0.2, 0) is 9.53 Å². The first-order valence-electron chi connectivity index (χ1n) is 10.8. The Morgan fingerprint density at radius 1 is 1.03 bits per heavy atom. The zero-order valence-electron chi connectivity index (χ0n) is 20.1. The molecule has 0 saturated heterocycles. The lowest BCUT2D eigenvalue weighted by atomic mass is 10.0. The standard InChI is InChI=1S/C24H31ClN2O7/c1-13(2)21(34-18-9-7-17(25)8-10-18)15(4)32-24(30)14(3)27-23(29)20-22(33-16(5)28)19(31-6)11-12-26-20/h7-16,21,28H,1-6H3,(H,27,29)/t14-,15-,16?,21+/m0/s1. The van der Waals surface area contributed by atoms with Gasteiger partial charge < -0.3 is 29.4 Å². The number of ether oxygens (including phenoxy) is 4. The molecule has 2 N–H and O–H groups in total. The average molecular weight is 495 g/mol. The number of aliphatic hydroxyl groups is 1. The number of aromatic nitrogens is 1. The van der Waals surface area contributed by atoms with Crippen LogP contribution in [0.4, 0.5) is 0 Å². The summed E-state index contributed by atoms with van der Waals surface area (Å²) in [5, 5.41) is 12.7. The van der Waals surface area contributed by atoms with Crippen molar-refractivity contribution >= 4 is 23.5 Å². The summed E-state index contributed by atoms with van der Waals surface area (Å²) in [6.45, 7) is 8.51. The highest BCUT2D eigenvalue weighted by Crippen LogP contribution is 2.30. The monoisotopic (exact) mass is 494 g/mol. The number of carbonyl (C=O) groups excluding carboxylic acids is 2. The zero-order chi connectivity index (χ0) is 25.4. The fourth-order valence-electron chi connectivity index (χ4n) is 3.16. The van der Waals surface area contributed by atoms with Crippen molar-refractivity contribution < 1.29 is 33.6 Å². The summed E-state index contributed by atoms with van der Waals surface area (Å²) in [5.41, 5.74) is -0.140. The van der Waals surface area contributed by atoms with E-state index in [1.165, 1.54) is 33.2 Å². The second kappa shape index (κ2) is 12.4. The van der Waals surface area contributed by atoms with Crippen LogP contribution in [0.15, 0.2) is 36.5 Å². The Morgan fingerprint density at radius 3 is 2.24 bits per heavy atom. The van der Waals surface area contributed by atoms with Gasteiger partial charge in [-0.1, -0.05) is 25.4 Å². The molecule has 0 radical (unpaired) electrons. The molecule has 9 nitrogen and oxygen atoms in total. The van der Waals surface area contributed by atoms with Gasteiger partial charge in [0.05, 0.1) is 7.11 Å². The number of hydrogen-bond donors (Lipinski definition) is 2. The molecule has 0 aliphatic carbocycles. The molecule has 0 bridgehead atoms. The molecule has 4 atom stereocenters. The molecule has 0 spiro atoms. The number of methoxy groups -OCH3 is 1. The predicted octanol–water partition coefficient (Wildman–Crippen LogP) is 3.61. The molecule has 0 aliphatic heterocycles.